The van der Waals surface area contributed by atoms with E-state index >= 15 is 0 Å². The van der Waals surface area contributed by atoms with Gasteiger partial charge in [-0.3, -0.25) is 0 Å². The average molecular weight is 283 g/mol. The van der Waals surface area contributed by atoms with Gasteiger partial charge in [0.2, 0.25) is 0 Å². The van der Waals surface area contributed by atoms with Crippen LogP contribution in [0.4, 0.5) is 13.2 Å². The van der Waals surface area contributed by atoms with E-state index in [2.05, 4.69) is 4.74 Å². The van der Waals surface area contributed by atoms with E-state index in [9.17, 15) is 13.2 Å². The van der Waals surface area contributed by atoms with Crippen molar-refractivity contribution in [2.24, 2.45) is 0 Å². The van der Waals surface area contributed by atoms with Crippen molar-refractivity contribution in [2.75, 3.05) is 12.5 Å². The zero-order chi connectivity index (χ0) is 13.2. The topological polar surface area (TPSA) is 27.7 Å². The largest absolute Gasteiger partial charge is 0.573 e. The molecule has 1 aromatic carbocycles. The van der Waals surface area contributed by atoms with Crippen LogP contribution >= 0.6 is 11.6 Å². The highest BCUT2D eigenvalue weighted by Gasteiger charge is 2.32. The summed E-state index contributed by atoms with van der Waals surface area (Å²) in [5.74, 6) is -0.0311. The van der Waals surface area contributed by atoms with E-state index in [1.807, 2.05) is 0 Å². The Morgan fingerprint density at radius 3 is 2.78 bits per heavy atom. The fraction of sp³-hybridized carbons (Fsp3) is 0.455. The van der Waals surface area contributed by atoms with Gasteiger partial charge in [0.25, 0.3) is 0 Å². The minimum absolute atomic E-state index is 0.246. The van der Waals surface area contributed by atoms with E-state index in [1.54, 1.807) is 6.07 Å². The van der Waals surface area contributed by atoms with E-state index in [0.717, 1.165) is 0 Å². The van der Waals surface area contributed by atoms with Gasteiger partial charge in [-0.25, -0.2) is 0 Å². The molecule has 18 heavy (non-hydrogen) atoms. The summed E-state index contributed by atoms with van der Waals surface area (Å²) in [4.78, 5) is 0. The highest BCUT2D eigenvalue weighted by atomic mass is 35.5. The van der Waals surface area contributed by atoms with E-state index in [-0.39, 0.29) is 17.7 Å². The van der Waals surface area contributed by atoms with Crippen molar-refractivity contribution < 1.29 is 27.4 Å². The Kier molecular flexibility index (Phi) is 3.99. The van der Waals surface area contributed by atoms with Crippen molar-refractivity contribution in [3.05, 3.63) is 29.8 Å². The van der Waals surface area contributed by atoms with Crippen LogP contribution in [0.2, 0.25) is 0 Å². The van der Waals surface area contributed by atoms with Crippen LogP contribution in [-0.4, -0.2) is 25.0 Å². The summed E-state index contributed by atoms with van der Waals surface area (Å²) in [6.07, 6.45) is -5.66. The zero-order valence-electron chi connectivity index (χ0n) is 9.11. The molecule has 1 aliphatic rings. The lowest BCUT2D eigenvalue weighted by Gasteiger charge is -2.13. The van der Waals surface area contributed by atoms with Gasteiger partial charge in [-0.05, 0) is 12.1 Å². The van der Waals surface area contributed by atoms with Crippen molar-refractivity contribution in [3.63, 3.8) is 0 Å². The summed E-state index contributed by atoms with van der Waals surface area (Å²) in [7, 11) is 0. The SMILES string of the molecule is FC(F)(F)Oc1cccc(C2OCC(CCl)O2)c1. The summed E-state index contributed by atoms with van der Waals surface area (Å²) >= 11 is 5.60. The van der Waals surface area contributed by atoms with Crippen LogP contribution in [0, 0.1) is 0 Å². The monoisotopic (exact) mass is 282 g/mol. The molecule has 1 aliphatic heterocycles. The van der Waals surface area contributed by atoms with Gasteiger partial charge in [0.05, 0.1) is 18.6 Å². The van der Waals surface area contributed by atoms with E-state index in [0.29, 0.717) is 12.2 Å². The number of rotatable bonds is 3. The molecule has 3 nitrogen and oxygen atoms in total. The minimum Gasteiger partial charge on any atom is -0.406 e. The second kappa shape index (κ2) is 5.34. The first kappa shape index (κ1) is 13.5. The van der Waals surface area contributed by atoms with Gasteiger partial charge >= 0.3 is 6.36 Å². The van der Waals surface area contributed by atoms with Crippen LogP contribution in [0.25, 0.3) is 0 Å². The molecule has 2 atom stereocenters. The predicted molar refractivity (Wildman–Crippen MR) is 57.4 cm³/mol. The number of alkyl halides is 4. The second-order valence-corrected chi connectivity index (χ2v) is 4.01. The van der Waals surface area contributed by atoms with Gasteiger partial charge in [-0.15, -0.1) is 24.8 Å². The number of ether oxygens (including phenoxy) is 3. The molecule has 0 bridgehead atoms. The van der Waals surface area contributed by atoms with Crippen LogP contribution in [0.3, 0.4) is 0 Å². The van der Waals surface area contributed by atoms with Gasteiger partial charge in [-0.1, -0.05) is 12.1 Å². The lowest BCUT2D eigenvalue weighted by molar-refractivity contribution is -0.274. The fourth-order valence-corrected chi connectivity index (χ4v) is 1.72. The first-order valence-corrected chi connectivity index (χ1v) is 5.70. The smallest absolute Gasteiger partial charge is 0.406 e. The summed E-state index contributed by atoms with van der Waals surface area (Å²) in [6, 6.07) is 5.49. The molecule has 1 fully saturated rings. The van der Waals surface area contributed by atoms with E-state index in [4.69, 9.17) is 21.1 Å². The van der Waals surface area contributed by atoms with Gasteiger partial charge in [0.15, 0.2) is 6.29 Å². The maximum Gasteiger partial charge on any atom is 0.573 e. The van der Waals surface area contributed by atoms with Crippen LogP contribution in [0.5, 0.6) is 5.75 Å². The molecule has 0 radical (unpaired) electrons. The molecule has 1 aromatic rings. The fourth-order valence-electron chi connectivity index (χ4n) is 1.56. The van der Waals surface area contributed by atoms with Gasteiger partial charge in [0, 0.05) is 5.56 Å². The Balaban J connectivity index is 2.08. The van der Waals surface area contributed by atoms with Gasteiger partial charge in [-0.2, -0.15) is 0 Å². The van der Waals surface area contributed by atoms with Crippen LogP contribution in [0.15, 0.2) is 24.3 Å². The normalized spacial score (nSPS) is 24.2. The summed E-state index contributed by atoms with van der Waals surface area (Å²) in [5.41, 5.74) is 0.462. The third-order valence-electron chi connectivity index (χ3n) is 2.29. The van der Waals surface area contributed by atoms with E-state index < -0.39 is 12.7 Å². The first-order valence-electron chi connectivity index (χ1n) is 5.16. The van der Waals surface area contributed by atoms with E-state index in [1.165, 1.54) is 18.2 Å². The molecule has 1 heterocycles. The van der Waals surface area contributed by atoms with Crippen molar-refractivity contribution in [2.45, 2.75) is 18.8 Å². The molecule has 0 spiro atoms. The predicted octanol–water partition coefficient (Wildman–Crippen LogP) is 3.24. The summed E-state index contributed by atoms with van der Waals surface area (Å²) < 4.78 is 50.7. The molecule has 2 rings (SSSR count). The van der Waals surface area contributed by atoms with Gasteiger partial charge in [0.1, 0.15) is 5.75 Å². The van der Waals surface area contributed by atoms with Crippen molar-refractivity contribution >= 4 is 11.6 Å². The minimum atomic E-state index is -4.71. The molecule has 100 valence electrons. The third kappa shape index (κ3) is 3.51. The van der Waals surface area contributed by atoms with Crippen LogP contribution in [-0.2, 0) is 9.47 Å². The number of hydrogen-bond acceptors (Lipinski definition) is 3. The quantitative estimate of drug-likeness (QED) is 0.797. The molecular formula is C11H10ClF3O3. The molecule has 7 heteroatoms. The maximum atomic E-state index is 12.1. The number of halogens is 4. The molecule has 0 amide bonds. The Bertz CT molecular complexity index is 411. The molecule has 0 aliphatic carbocycles. The second-order valence-electron chi connectivity index (χ2n) is 3.70. The summed E-state index contributed by atoms with van der Waals surface area (Å²) in [5, 5.41) is 0. The molecule has 0 aromatic heterocycles. The molecule has 0 saturated carbocycles. The Morgan fingerprint density at radius 2 is 2.17 bits per heavy atom. The highest BCUT2D eigenvalue weighted by molar-refractivity contribution is 6.18. The third-order valence-corrected chi connectivity index (χ3v) is 2.63. The highest BCUT2D eigenvalue weighted by Crippen LogP contribution is 2.31. The molecule has 2 unspecified atom stereocenters. The average Bonchev–Trinajstić information content (AvgIpc) is 2.75. The Labute approximate surface area is 106 Å². The Morgan fingerprint density at radius 1 is 1.39 bits per heavy atom. The molecule has 0 N–H and O–H groups in total. The molecular weight excluding hydrogens is 273 g/mol. The lowest BCUT2D eigenvalue weighted by Crippen LogP contribution is -2.17. The van der Waals surface area contributed by atoms with Crippen molar-refractivity contribution in [1.82, 2.24) is 0 Å². The van der Waals surface area contributed by atoms with Gasteiger partial charge < -0.3 is 14.2 Å². The van der Waals surface area contributed by atoms with Crippen LogP contribution in [0.1, 0.15) is 11.9 Å². The number of hydrogen-bond donors (Lipinski definition) is 0. The standard InChI is InChI=1S/C11H10ClF3O3/c12-5-9-6-16-10(17-9)7-2-1-3-8(4-7)18-11(13,14)15/h1-4,9-10H,5-6H2. The zero-order valence-corrected chi connectivity index (χ0v) is 9.87. The number of benzene rings is 1. The van der Waals surface area contributed by atoms with Crippen molar-refractivity contribution in [1.29, 1.82) is 0 Å². The molecule has 1 saturated heterocycles. The Hall–Kier alpha value is -0.980. The lowest BCUT2D eigenvalue weighted by atomic mass is 10.2. The summed E-state index contributed by atoms with van der Waals surface area (Å²) in [6.45, 7) is 0.318. The van der Waals surface area contributed by atoms with Crippen LogP contribution < -0.4 is 4.74 Å². The first-order chi connectivity index (χ1) is 8.48. The van der Waals surface area contributed by atoms with Crippen molar-refractivity contribution in [3.8, 4) is 5.75 Å². The maximum absolute atomic E-state index is 12.1.